The molecule has 0 aliphatic carbocycles. The van der Waals surface area contributed by atoms with Crippen molar-refractivity contribution >= 4 is 5.91 Å². The first-order valence-corrected chi connectivity index (χ1v) is 9.06. The second-order valence-corrected chi connectivity index (χ2v) is 6.81. The molecular formula is C20H27N3O2. The Labute approximate surface area is 149 Å². The van der Waals surface area contributed by atoms with Crippen LogP contribution in [0.25, 0.3) is 0 Å². The molecule has 0 radical (unpaired) electrons. The van der Waals surface area contributed by atoms with Gasteiger partial charge in [-0.2, -0.15) is 0 Å². The highest BCUT2D eigenvalue weighted by Crippen LogP contribution is 2.23. The van der Waals surface area contributed by atoms with Crippen molar-refractivity contribution in [1.29, 1.82) is 0 Å². The second-order valence-electron chi connectivity index (χ2n) is 6.81. The van der Waals surface area contributed by atoms with Crippen LogP contribution in [0.3, 0.4) is 0 Å². The Morgan fingerprint density at radius 1 is 1.32 bits per heavy atom. The minimum atomic E-state index is 0.109. The maximum atomic E-state index is 12.7. The van der Waals surface area contributed by atoms with Crippen molar-refractivity contribution in [1.82, 2.24) is 14.5 Å². The molecule has 1 unspecified atom stereocenters. The lowest BCUT2D eigenvalue weighted by atomic mass is 10.0. The van der Waals surface area contributed by atoms with E-state index < -0.39 is 0 Å². The topological polar surface area (TPSA) is 47.4 Å². The van der Waals surface area contributed by atoms with Gasteiger partial charge in [0.2, 0.25) is 0 Å². The second kappa shape index (κ2) is 7.72. The summed E-state index contributed by atoms with van der Waals surface area (Å²) in [6.45, 7) is 6.95. The van der Waals surface area contributed by atoms with Crippen LogP contribution < -0.4 is 4.74 Å². The highest BCUT2D eigenvalue weighted by molar-refractivity contribution is 5.94. The molecular weight excluding hydrogens is 314 g/mol. The van der Waals surface area contributed by atoms with E-state index in [1.54, 1.807) is 7.11 Å². The van der Waals surface area contributed by atoms with E-state index in [4.69, 9.17) is 4.74 Å². The third-order valence-corrected chi connectivity index (χ3v) is 4.97. The zero-order valence-corrected chi connectivity index (χ0v) is 15.4. The lowest BCUT2D eigenvalue weighted by Crippen LogP contribution is -2.29. The van der Waals surface area contributed by atoms with Crippen LogP contribution >= 0.6 is 0 Å². The summed E-state index contributed by atoms with van der Waals surface area (Å²) < 4.78 is 7.47. The Morgan fingerprint density at radius 2 is 2.08 bits per heavy atom. The van der Waals surface area contributed by atoms with Gasteiger partial charge >= 0.3 is 0 Å². The van der Waals surface area contributed by atoms with E-state index in [9.17, 15) is 4.79 Å². The van der Waals surface area contributed by atoms with Crippen molar-refractivity contribution in [2.75, 3.05) is 20.2 Å². The molecule has 2 aromatic rings. The van der Waals surface area contributed by atoms with Crippen LogP contribution in [0.2, 0.25) is 0 Å². The minimum absolute atomic E-state index is 0.109. The SMILES string of the molecule is CCCn1c(C)cnc1CC1CCN(C(=O)c2ccc(OC)cc2)C1. The lowest BCUT2D eigenvalue weighted by molar-refractivity contribution is 0.0787. The number of methoxy groups -OCH3 is 1. The highest BCUT2D eigenvalue weighted by Gasteiger charge is 2.28. The standard InChI is InChI=1S/C20H27N3O2/c1-4-10-23-15(2)13-21-19(23)12-16-9-11-22(14-16)20(24)17-5-7-18(25-3)8-6-17/h5-8,13,16H,4,9-12,14H2,1-3H3. The van der Waals surface area contributed by atoms with Gasteiger partial charge in [-0.1, -0.05) is 6.92 Å². The number of hydrogen-bond acceptors (Lipinski definition) is 3. The van der Waals surface area contributed by atoms with E-state index in [2.05, 4.69) is 23.4 Å². The minimum Gasteiger partial charge on any atom is -0.497 e. The zero-order valence-electron chi connectivity index (χ0n) is 15.4. The Kier molecular flexibility index (Phi) is 5.41. The highest BCUT2D eigenvalue weighted by atomic mass is 16.5. The number of aryl methyl sites for hydroxylation is 1. The number of ether oxygens (including phenoxy) is 1. The van der Waals surface area contributed by atoms with Crippen LogP contribution in [0.4, 0.5) is 0 Å². The van der Waals surface area contributed by atoms with Crippen molar-refractivity contribution in [3.63, 3.8) is 0 Å². The summed E-state index contributed by atoms with van der Waals surface area (Å²) in [4.78, 5) is 19.2. The van der Waals surface area contributed by atoms with Crippen molar-refractivity contribution in [2.24, 2.45) is 5.92 Å². The summed E-state index contributed by atoms with van der Waals surface area (Å²) >= 11 is 0. The molecule has 5 heteroatoms. The van der Waals surface area contributed by atoms with Gasteiger partial charge in [0.05, 0.1) is 7.11 Å². The molecule has 1 aliphatic rings. The van der Waals surface area contributed by atoms with Crippen molar-refractivity contribution in [3.05, 3.63) is 47.5 Å². The van der Waals surface area contributed by atoms with Crippen LogP contribution in [-0.4, -0.2) is 40.6 Å². The molecule has 134 valence electrons. The van der Waals surface area contributed by atoms with Crippen LogP contribution in [0.15, 0.2) is 30.5 Å². The van der Waals surface area contributed by atoms with Gasteiger partial charge in [0.1, 0.15) is 11.6 Å². The fourth-order valence-electron chi connectivity index (χ4n) is 3.56. The predicted molar refractivity (Wildman–Crippen MR) is 98.0 cm³/mol. The summed E-state index contributed by atoms with van der Waals surface area (Å²) in [5.41, 5.74) is 1.95. The lowest BCUT2D eigenvalue weighted by Gasteiger charge is -2.17. The fourth-order valence-corrected chi connectivity index (χ4v) is 3.56. The number of likely N-dealkylation sites (tertiary alicyclic amines) is 1. The Bertz CT molecular complexity index is 721. The van der Waals surface area contributed by atoms with E-state index in [0.717, 1.165) is 56.0 Å². The summed E-state index contributed by atoms with van der Waals surface area (Å²) in [6.07, 6.45) is 5.05. The summed E-state index contributed by atoms with van der Waals surface area (Å²) in [7, 11) is 1.63. The molecule has 3 rings (SSSR count). The number of amides is 1. The van der Waals surface area contributed by atoms with Gasteiger partial charge in [0, 0.05) is 43.5 Å². The number of carbonyl (C=O) groups is 1. The molecule has 1 fully saturated rings. The largest absolute Gasteiger partial charge is 0.497 e. The first kappa shape index (κ1) is 17.5. The van der Waals surface area contributed by atoms with Gasteiger partial charge in [0.15, 0.2) is 0 Å². The summed E-state index contributed by atoms with van der Waals surface area (Å²) in [6, 6.07) is 7.36. The monoisotopic (exact) mass is 341 g/mol. The molecule has 2 heterocycles. The van der Waals surface area contributed by atoms with E-state index in [-0.39, 0.29) is 5.91 Å². The van der Waals surface area contributed by atoms with Crippen LogP contribution in [0.1, 0.15) is 41.6 Å². The van der Waals surface area contributed by atoms with Gasteiger partial charge in [-0.05, 0) is 49.9 Å². The fraction of sp³-hybridized carbons (Fsp3) is 0.500. The van der Waals surface area contributed by atoms with Crippen molar-refractivity contribution in [3.8, 4) is 5.75 Å². The van der Waals surface area contributed by atoms with Gasteiger partial charge in [0.25, 0.3) is 5.91 Å². The predicted octanol–water partition coefficient (Wildman–Crippen LogP) is 3.31. The number of imidazole rings is 1. The third-order valence-electron chi connectivity index (χ3n) is 4.97. The summed E-state index contributed by atoms with van der Waals surface area (Å²) in [5.74, 6) is 2.52. The van der Waals surface area contributed by atoms with E-state index in [1.165, 1.54) is 5.69 Å². The Morgan fingerprint density at radius 3 is 2.76 bits per heavy atom. The quantitative estimate of drug-likeness (QED) is 0.810. The molecule has 5 nitrogen and oxygen atoms in total. The number of aromatic nitrogens is 2. The number of carbonyl (C=O) groups excluding carboxylic acids is 1. The molecule has 0 spiro atoms. The number of benzene rings is 1. The zero-order chi connectivity index (χ0) is 17.8. The Hall–Kier alpha value is -2.30. The van der Waals surface area contributed by atoms with Gasteiger partial charge in [-0.3, -0.25) is 4.79 Å². The average Bonchev–Trinajstić information content (AvgIpc) is 3.24. The molecule has 1 saturated heterocycles. The van der Waals surface area contributed by atoms with Crippen molar-refractivity contribution in [2.45, 2.75) is 39.7 Å². The van der Waals surface area contributed by atoms with E-state index >= 15 is 0 Å². The Balaban J connectivity index is 1.62. The number of nitrogens with zero attached hydrogens (tertiary/aromatic N) is 3. The third kappa shape index (κ3) is 3.86. The van der Waals surface area contributed by atoms with Gasteiger partial charge in [-0.15, -0.1) is 0 Å². The number of rotatable bonds is 6. The first-order chi connectivity index (χ1) is 12.1. The number of hydrogen-bond donors (Lipinski definition) is 0. The van der Waals surface area contributed by atoms with Gasteiger partial charge < -0.3 is 14.2 Å². The van der Waals surface area contributed by atoms with Crippen LogP contribution in [0.5, 0.6) is 5.75 Å². The van der Waals surface area contributed by atoms with Crippen LogP contribution in [0, 0.1) is 12.8 Å². The van der Waals surface area contributed by atoms with E-state index in [1.807, 2.05) is 35.4 Å². The molecule has 0 saturated carbocycles. The average molecular weight is 341 g/mol. The maximum Gasteiger partial charge on any atom is 0.253 e. The molecule has 1 atom stereocenters. The summed E-state index contributed by atoms with van der Waals surface area (Å²) in [5, 5.41) is 0. The molecule has 25 heavy (non-hydrogen) atoms. The van der Waals surface area contributed by atoms with Gasteiger partial charge in [-0.25, -0.2) is 4.98 Å². The van der Waals surface area contributed by atoms with E-state index in [0.29, 0.717) is 5.92 Å². The molecule has 0 N–H and O–H groups in total. The van der Waals surface area contributed by atoms with Crippen LogP contribution in [-0.2, 0) is 13.0 Å². The maximum absolute atomic E-state index is 12.7. The molecule has 0 bridgehead atoms. The molecule has 1 aliphatic heterocycles. The smallest absolute Gasteiger partial charge is 0.253 e. The molecule has 1 amide bonds. The normalized spacial score (nSPS) is 17.1. The first-order valence-electron chi connectivity index (χ1n) is 9.06. The molecule has 1 aromatic heterocycles. The van der Waals surface area contributed by atoms with Crippen molar-refractivity contribution < 1.29 is 9.53 Å². The molecule has 1 aromatic carbocycles.